The second-order valence-corrected chi connectivity index (χ2v) is 8.41. The summed E-state index contributed by atoms with van der Waals surface area (Å²) in [5.41, 5.74) is 3.86. The van der Waals surface area contributed by atoms with Crippen LogP contribution >= 0.6 is 0 Å². The summed E-state index contributed by atoms with van der Waals surface area (Å²) in [5.74, 6) is -0.822. The lowest BCUT2D eigenvalue weighted by atomic mass is 10.1. The molecule has 0 aliphatic heterocycles. The number of benzene rings is 3. The monoisotopic (exact) mass is 466 g/mol. The fraction of sp³-hybridized carbons (Fsp3) is 0.143. The summed E-state index contributed by atoms with van der Waals surface area (Å²) >= 11 is 0. The summed E-state index contributed by atoms with van der Waals surface area (Å²) < 4.78 is 1.11. The average molecular weight is 467 g/mol. The molecule has 4 aromatic rings. The van der Waals surface area contributed by atoms with E-state index in [1.807, 2.05) is 50.2 Å². The van der Waals surface area contributed by atoms with Crippen LogP contribution in [0.2, 0.25) is 0 Å². The third-order valence-corrected chi connectivity index (χ3v) is 5.63. The molecule has 3 aromatic carbocycles. The highest BCUT2D eigenvalue weighted by Crippen LogP contribution is 2.21. The van der Waals surface area contributed by atoms with Crippen molar-refractivity contribution in [2.24, 2.45) is 0 Å². The second kappa shape index (κ2) is 10.2. The molecule has 0 bridgehead atoms. The van der Waals surface area contributed by atoms with Crippen molar-refractivity contribution in [3.8, 4) is 11.3 Å². The first-order chi connectivity index (χ1) is 16.8. The van der Waals surface area contributed by atoms with Crippen molar-refractivity contribution in [1.82, 2.24) is 9.78 Å². The van der Waals surface area contributed by atoms with Gasteiger partial charge in [-0.25, -0.2) is 4.68 Å². The zero-order valence-electron chi connectivity index (χ0n) is 19.8. The Morgan fingerprint density at radius 1 is 0.829 bits per heavy atom. The van der Waals surface area contributed by atoms with Crippen molar-refractivity contribution in [3.05, 3.63) is 112 Å². The molecule has 7 heteroatoms. The molecule has 2 amide bonds. The number of amides is 2. The van der Waals surface area contributed by atoms with E-state index in [4.69, 9.17) is 0 Å². The zero-order chi connectivity index (χ0) is 24.9. The Labute approximate surface area is 203 Å². The average Bonchev–Trinajstić information content (AvgIpc) is 2.87. The fourth-order valence-corrected chi connectivity index (χ4v) is 3.51. The predicted molar refractivity (Wildman–Crippen MR) is 138 cm³/mol. The highest BCUT2D eigenvalue weighted by Gasteiger charge is 2.22. The van der Waals surface area contributed by atoms with Crippen LogP contribution in [0, 0.1) is 13.8 Å². The van der Waals surface area contributed by atoms with E-state index in [9.17, 15) is 14.4 Å². The Morgan fingerprint density at radius 3 is 2.06 bits per heavy atom. The standard InChI is InChI=1S/C28H26N4O3/c1-18-9-13-21(14-10-18)24-17-25(30-27(34)22-7-5-4-6-8-22)28(35)32(31-24)20(3)26(33)29-23-15-11-19(2)12-16-23/h4-17,20H,1-3H3,(H,29,33)(H,30,34). The number of hydrogen-bond donors (Lipinski definition) is 2. The molecule has 4 rings (SSSR count). The summed E-state index contributed by atoms with van der Waals surface area (Å²) in [6.07, 6.45) is 0. The number of aryl methyl sites for hydroxylation is 2. The molecule has 0 aliphatic rings. The number of nitrogens with one attached hydrogen (secondary N) is 2. The molecule has 0 fully saturated rings. The van der Waals surface area contributed by atoms with Gasteiger partial charge in [0.25, 0.3) is 11.5 Å². The van der Waals surface area contributed by atoms with Crippen LogP contribution in [0.15, 0.2) is 89.7 Å². The first kappa shape index (κ1) is 23.6. The van der Waals surface area contributed by atoms with Crippen LogP contribution in [0.4, 0.5) is 11.4 Å². The van der Waals surface area contributed by atoms with Gasteiger partial charge in [-0.1, -0.05) is 65.7 Å². The van der Waals surface area contributed by atoms with Crippen molar-refractivity contribution >= 4 is 23.2 Å². The van der Waals surface area contributed by atoms with E-state index in [1.165, 1.54) is 6.07 Å². The molecule has 1 unspecified atom stereocenters. The van der Waals surface area contributed by atoms with Crippen molar-refractivity contribution in [2.75, 3.05) is 10.6 Å². The van der Waals surface area contributed by atoms with E-state index in [0.717, 1.165) is 21.4 Å². The highest BCUT2D eigenvalue weighted by molar-refractivity contribution is 6.04. The van der Waals surface area contributed by atoms with Crippen molar-refractivity contribution in [3.63, 3.8) is 0 Å². The molecule has 0 saturated carbocycles. The summed E-state index contributed by atoms with van der Waals surface area (Å²) in [6.45, 7) is 5.53. The molecular weight excluding hydrogens is 440 g/mol. The van der Waals surface area contributed by atoms with Gasteiger partial charge in [-0.05, 0) is 51.1 Å². The normalized spacial score (nSPS) is 11.5. The summed E-state index contributed by atoms with van der Waals surface area (Å²) in [5, 5.41) is 10.00. The van der Waals surface area contributed by atoms with Gasteiger partial charge in [-0.15, -0.1) is 0 Å². The highest BCUT2D eigenvalue weighted by atomic mass is 16.2. The maximum absolute atomic E-state index is 13.3. The first-order valence-corrected chi connectivity index (χ1v) is 11.3. The number of aromatic nitrogens is 2. The third-order valence-electron chi connectivity index (χ3n) is 5.63. The largest absolute Gasteiger partial charge is 0.324 e. The van der Waals surface area contributed by atoms with E-state index in [2.05, 4.69) is 15.7 Å². The van der Waals surface area contributed by atoms with Crippen LogP contribution in [0.3, 0.4) is 0 Å². The molecule has 0 spiro atoms. The minimum Gasteiger partial charge on any atom is -0.324 e. The lowest BCUT2D eigenvalue weighted by Gasteiger charge is -2.17. The smallest absolute Gasteiger partial charge is 0.291 e. The molecule has 2 N–H and O–H groups in total. The molecule has 7 nitrogen and oxygen atoms in total. The quantitative estimate of drug-likeness (QED) is 0.419. The Kier molecular flexibility index (Phi) is 6.87. The molecule has 1 aromatic heterocycles. The molecule has 35 heavy (non-hydrogen) atoms. The van der Waals surface area contributed by atoms with E-state index in [0.29, 0.717) is 16.9 Å². The number of carbonyl (C=O) groups excluding carboxylic acids is 2. The van der Waals surface area contributed by atoms with Gasteiger partial charge in [0.05, 0.1) is 5.69 Å². The van der Waals surface area contributed by atoms with Gasteiger partial charge in [-0.3, -0.25) is 14.4 Å². The maximum Gasteiger partial charge on any atom is 0.291 e. The molecule has 0 saturated heterocycles. The number of rotatable bonds is 6. The molecule has 1 atom stereocenters. The van der Waals surface area contributed by atoms with Gasteiger partial charge >= 0.3 is 0 Å². The minimum absolute atomic E-state index is 0.0411. The van der Waals surface area contributed by atoms with Gasteiger partial charge < -0.3 is 10.6 Å². The van der Waals surface area contributed by atoms with Crippen molar-refractivity contribution in [2.45, 2.75) is 26.8 Å². The van der Waals surface area contributed by atoms with Crippen LogP contribution in [0.5, 0.6) is 0 Å². The van der Waals surface area contributed by atoms with E-state index < -0.39 is 23.4 Å². The van der Waals surface area contributed by atoms with Crippen LogP contribution in [-0.2, 0) is 4.79 Å². The molecule has 0 aliphatic carbocycles. The second-order valence-electron chi connectivity index (χ2n) is 8.41. The first-order valence-electron chi connectivity index (χ1n) is 11.3. The number of nitrogens with zero attached hydrogens (tertiary/aromatic N) is 2. The molecule has 176 valence electrons. The van der Waals surface area contributed by atoms with E-state index in [1.54, 1.807) is 49.4 Å². The lowest BCUT2D eigenvalue weighted by molar-refractivity contribution is -0.119. The van der Waals surface area contributed by atoms with Gasteiger partial charge in [0, 0.05) is 16.8 Å². The van der Waals surface area contributed by atoms with Gasteiger partial charge in [0.15, 0.2) is 0 Å². The maximum atomic E-state index is 13.3. The minimum atomic E-state index is -0.929. The number of anilines is 2. The number of carbonyl (C=O) groups is 2. The predicted octanol–water partition coefficient (Wildman–Crippen LogP) is 4.98. The van der Waals surface area contributed by atoms with Crippen LogP contribution < -0.4 is 16.2 Å². The van der Waals surface area contributed by atoms with Crippen LogP contribution in [0.25, 0.3) is 11.3 Å². The van der Waals surface area contributed by atoms with Crippen molar-refractivity contribution < 1.29 is 9.59 Å². The Hall–Kier alpha value is -4.52. The Bertz CT molecular complexity index is 1410. The van der Waals surface area contributed by atoms with Gasteiger partial charge in [0.1, 0.15) is 11.7 Å². The topological polar surface area (TPSA) is 93.1 Å². The van der Waals surface area contributed by atoms with E-state index in [-0.39, 0.29) is 5.69 Å². The van der Waals surface area contributed by atoms with Crippen LogP contribution in [0.1, 0.15) is 34.5 Å². The molecular formula is C28H26N4O3. The van der Waals surface area contributed by atoms with Gasteiger partial charge in [0.2, 0.25) is 5.91 Å². The lowest BCUT2D eigenvalue weighted by Crippen LogP contribution is -2.35. The Morgan fingerprint density at radius 2 is 1.43 bits per heavy atom. The third kappa shape index (κ3) is 5.52. The SMILES string of the molecule is Cc1ccc(NC(=O)C(C)n2nc(-c3ccc(C)cc3)cc(NC(=O)c3ccccc3)c2=O)cc1. The van der Waals surface area contributed by atoms with E-state index >= 15 is 0 Å². The summed E-state index contributed by atoms with van der Waals surface area (Å²) in [7, 11) is 0. The Balaban J connectivity index is 1.72. The number of hydrogen-bond acceptors (Lipinski definition) is 4. The summed E-state index contributed by atoms with van der Waals surface area (Å²) in [6, 6.07) is 24.2. The molecule has 1 heterocycles. The van der Waals surface area contributed by atoms with Crippen molar-refractivity contribution in [1.29, 1.82) is 0 Å². The van der Waals surface area contributed by atoms with Crippen LogP contribution in [-0.4, -0.2) is 21.6 Å². The summed E-state index contributed by atoms with van der Waals surface area (Å²) in [4.78, 5) is 39.1. The zero-order valence-corrected chi connectivity index (χ0v) is 19.8. The molecule has 0 radical (unpaired) electrons. The van der Waals surface area contributed by atoms with Gasteiger partial charge in [-0.2, -0.15) is 5.10 Å². The fourth-order valence-electron chi connectivity index (χ4n) is 3.51.